The molecule has 1 amide bonds. The maximum atomic E-state index is 14.4. The van der Waals surface area contributed by atoms with E-state index in [-0.39, 0.29) is 0 Å². The van der Waals surface area contributed by atoms with Crippen molar-refractivity contribution < 1.29 is 37.7 Å². The Kier molecular flexibility index (Phi) is 6.53. The van der Waals surface area contributed by atoms with E-state index >= 15 is 0 Å². The summed E-state index contributed by atoms with van der Waals surface area (Å²) in [6.45, 7) is 9.32. The van der Waals surface area contributed by atoms with Gasteiger partial charge >= 0.3 is 18.0 Å². The lowest BCUT2D eigenvalue weighted by atomic mass is 10.0. The number of alkyl carbamates (subject to hydrolysis) is 1. The van der Waals surface area contributed by atoms with E-state index in [1.165, 1.54) is 0 Å². The molecule has 0 aliphatic heterocycles. The first-order valence-electron chi connectivity index (χ1n) is 8.05. The lowest BCUT2D eigenvalue weighted by Gasteiger charge is -2.23. The Morgan fingerprint density at radius 3 is 1.93 bits per heavy atom. The van der Waals surface area contributed by atoms with E-state index in [9.17, 15) is 28.3 Å². The molecule has 0 aliphatic rings. The van der Waals surface area contributed by atoms with Gasteiger partial charge in [0, 0.05) is 5.56 Å². The van der Waals surface area contributed by atoms with Crippen LogP contribution in [0.25, 0.3) is 0 Å². The third-order valence-electron chi connectivity index (χ3n) is 2.92. The Balaban J connectivity index is 3.19. The van der Waals surface area contributed by atoms with Crippen LogP contribution in [0.15, 0.2) is 12.1 Å². The molecule has 0 spiro atoms. The summed E-state index contributed by atoms with van der Waals surface area (Å²) in [6.07, 6.45) is -1.12. The van der Waals surface area contributed by atoms with Crippen LogP contribution in [0.4, 0.5) is 13.6 Å². The fourth-order valence-electron chi connectivity index (χ4n) is 1.97. The lowest BCUT2D eigenvalue weighted by Crippen LogP contribution is -2.38. The van der Waals surface area contributed by atoms with Crippen LogP contribution >= 0.6 is 0 Å². The van der Waals surface area contributed by atoms with Crippen molar-refractivity contribution in [3.05, 3.63) is 34.9 Å². The molecule has 0 saturated heterocycles. The van der Waals surface area contributed by atoms with Gasteiger partial charge in [0.1, 0.15) is 22.8 Å². The summed E-state index contributed by atoms with van der Waals surface area (Å²) in [7, 11) is 0. The number of benzene rings is 1. The van der Waals surface area contributed by atoms with Crippen molar-refractivity contribution >= 4 is 18.0 Å². The second-order valence-corrected chi connectivity index (χ2v) is 7.77. The first kappa shape index (κ1) is 22.3. The number of esters is 1. The monoisotopic (exact) mass is 387 g/mol. The minimum absolute atomic E-state index is 0.532. The van der Waals surface area contributed by atoms with E-state index in [1.807, 2.05) is 5.32 Å². The SMILES string of the molecule is CC(C)(C)OC(=O)NC(C(=O)O)c1cc(F)c(C(=O)OC(C)(C)C)cc1F. The third-order valence-corrected chi connectivity index (χ3v) is 2.92. The molecule has 27 heavy (non-hydrogen) atoms. The number of halogens is 2. The molecule has 1 unspecified atom stereocenters. The number of carboxylic acids is 1. The van der Waals surface area contributed by atoms with E-state index in [0.29, 0.717) is 12.1 Å². The fraction of sp³-hybridized carbons (Fsp3) is 0.500. The van der Waals surface area contributed by atoms with Crippen LogP contribution in [0, 0.1) is 11.6 Å². The van der Waals surface area contributed by atoms with Crippen molar-refractivity contribution in [3.63, 3.8) is 0 Å². The minimum atomic E-state index is -1.91. The molecule has 1 aromatic rings. The van der Waals surface area contributed by atoms with Crippen molar-refractivity contribution in [2.45, 2.75) is 58.8 Å². The van der Waals surface area contributed by atoms with Crippen molar-refractivity contribution in [1.29, 1.82) is 0 Å². The lowest BCUT2D eigenvalue weighted by molar-refractivity contribution is -0.139. The molecular weight excluding hydrogens is 364 g/mol. The zero-order valence-electron chi connectivity index (χ0n) is 16.0. The van der Waals surface area contributed by atoms with Crippen LogP contribution in [-0.2, 0) is 14.3 Å². The van der Waals surface area contributed by atoms with Crippen LogP contribution in [0.3, 0.4) is 0 Å². The standard InChI is InChI=1S/C18H23F2NO6/c1-17(2,3)26-15(24)10-8-11(19)9(7-12(10)20)13(14(22)23)21-16(25)27-18(4,5)6/h7-8,13H,1-6H3,(H,21,25)(H,22,23). The van der Waals surface area contributed by atoms with Crippen LogP contribution in [0.1, 0.15) is 63.5 Å². The molecule has 1 atom stereocenters. The Hall–Kier alpha value is -2.71. The van der Waals surface area contributed by atoms with Gasteiger partial charge in [-0.15, -0.1) is 0 Å². The molecule has 0 fully saturated rings. The van der Waals surface area contributed by atoms with Gasteiger partial charge < -0.3 is 19.9 Å². The van der Waals surface area contributed by atoms with Crippen molar-refractivity contribution in [1.82, 2.24) is 5.32 Å². The van der Waals surface area contributed by atoms with E-state index < -0.39 is 58.0 Å². The molecule has 0 heterocycles. The van der Waals surface area contributed by atoms with E-state index in [0.717, 1.165) is 0 Å². The highest BCUT2D eigenvalue weighted by atomic mass is 19.1. The number of aliphatic carboxylic acids is 1. The Bertz CT molecular complexity index is 749. The molecular formula is C18H23F2NO6. The van der Waals surface area contributed by atoms with Gasteiger partial charge in [-0.25, -0.2) is 23.2 Å². The highest BCUT2D eigenvalue weighted by molar-refractivity contribution is 5.90. The number of amides is 1. The maximum Gasteiger partial charge on any atom is 0.408 e. The normalized spacial score (nSPS) is 12.9. The number of hydrogen-bond donors (Lipinski definition) is 2. The summed E-state index contributed by atoms with van der Waals surface area (Å²) < 4.78 is 38.6. The molecule has 2 N–H and O–H groups in total. The average molecular weight is 387 g/mol. The Morgan fingerprint density at radius 1 is 0.963 bits per heavy atom. The molecule has 0 bridgehead atoms. The van der Waals surface area contributed by atoms with Gasteiger partial charge in [0.25, 0.3) is 0 Å². The van der Waals surface area contributed by atoms with Gasteiger partial charge in [0.15, 0.2) is 6.04 Å². The van der Waals surface area contributed by atoms with Crippen molar-refractivity contribution in [3.8, 4) is 0 Å². The first-order valence-corrected chi connectivity index (χ1v) is 8.05. The summed E-state index contributed by atoms with van der Waals surface area (Å²) in [4.78, 5) is 35.2. The molecule has 1 aromatic carbocycles. The van der Waals surface area contributed by atoms with Crippen LogP contribution in [0.2, 0.25) is 0 Å². The molecule has 0 aromatic heterocycles. The number of nitrogens with one attached hydrogen (secondary N) is 1. The smallest absolute Gasteiger partial charge is 0.408 e. The van der Waals surface area contributed by atoms with Crippen LogP contribution < -0.4 is 5.32 Å². The van der Waals surface area contributed by atoms with Gasteiger partial charge in [-0.05, 0) is 53.7 Å². The molecule has 9 heteroatoms. The minimum Gasteiger partial charge on any atom is -0.479 e. The molecule has 0 saturated carbocycles. The topological polar surface area (TPSA) is 102 Å². The zero-order chi connectivity index (χ0) is 21.2. The number of rotatable bonds is 4. The van der Waals surface area contributed by atoms with Gasteiger partial charge in [0.05, 0.1) is 5.56 Å². The number of hydrogen-bond acceptors (Lipinski definition) is 5. The van der Waals surface area contributed by atoms with Gasteiger partial charge in [-0.2, -0.15) is 0 Å². The number of carboxylic acid groups (broad SMARTS) is 1. The molecule has 7 nitrogen and oxygen atoms in total. The predicted molar refractivity (Wildman–Crippen MR) is 91.3 cm³/mol. The molecule has 0 radical (unpaired) electrons. The van der Waals surface area contributed by atoms with Crippen LogP contribution in [0.5, 0.6) is 0 Å². The molecule has 1 rings (SSSR count). The number of carbonyl (C=O) groups is 3. The summed E-state index contributed by atoms with van der Waals surface area (Å²) in [5.41, 5.74) is -3.20. The van der Waals surface area contributed by atoms with E-state index in [2.05, 4.69) is 0 Å². The number of ether oxygens (including phenoxy) is 2. The Labute approximate surface area is 155 Å². The van der Waals surface area contributed by atoms with E-state index in [4.69, 9.17) is 9.47 Å². The second kappa shape index (κ2) is 7.89. The summed E-state index contributed by atoms with van der Waals surface area (Å²) in [6, 6.07) is -0.849. The van der Waals surface area contributed by atoms with Gasteiger partial charge in [-0.1, -0.05) is 0 Å². The van der Waals surface area contributed by atoms with Gasteiger partial charge in [0.2, 0.25) is 0 Å². The van der Waals surface area contributed by atoms with E-state index in [1.54, 1.807) is 41.5 Å². The average Bonchev–Trinajstić information content (AvgIpc) is 2.43. The Morgan fingerprint density at radius 2 is 1.48 bits per heavy atom. The number of carbonyl (C=O) groups excluding carboxylic acids is 2. The third kappa shape index (κ3) is 6.84. The quantitative estimate of drug-likeness (QED) is 0.766. The zero-order valence-corrected chi connectivity index (χ0v) is 16.0. The largest absolute Gasteiger partial charge is 0.479 e. The maximum absolute atomic E-state index is 14.4. The summed E-state index contributed by atoms with van der Waals surface area (Å²) >= 11 is 0. The highest BCUT2D eigenvalue weighted by Crippen LogP contribution is 2.24. The highest BCUT2D eigenvalue weighted by Gasteiger charge is 2.30. The summed E-state index contributed by atoms with van der Waals surface area (Å²) in [5, 5.41) is 11.2. The van der Waals surface area contributed by atoms with Crippen LogP contribution in [-0.4, -0.2) is 34.3 Å². The van der Waals surface area contributed by atoms with Crippen molar-refractivity contribution in [2.24, 2.45) is 0 Å². The van der Waals surface area contributed by atoms with Crippen molar-refractivity contribution in [2.75, 3.05) is 0 Å². The molecule has 0 aliphatic carbocycles. The van der Waals surface area contributed by atoms with Gasteiger partial charge in [-0.3, -0.25) is 0 Å². The first-order chi connectivity index (χ1) is 12.1. The summed E-state index contributed by atoms with van der Waals surface area (Å²) in [5.74, 6) is -5.11. The fourth-order valence-corrected chi connectivity index (χ4v) is 1.97. The molecule has 150 valence electrons. The predicted octanol–water partition coefficient (Wildman–Crippen LogP) is 3.57. The second-order valence-electron chi connectivity index (χ2n) is 7.77.